The number of benzene rings is 2. The van der Waals surface area contributed by atoms with Crippen LogP contribution in [-0.2, 0) is 0 Å². The fraction of sp³-hybridized carbons (Fsp3) is 0.125. The maximum absolute atomic E-state index is 4.60. The fourth-order valence-electron chi connectivity index (χ4n) is 2.11. The van der Waals surface area contributed by atoms with Gasteiger partial charge in [-0.3, -0.25) is 0 Å². The summed E-state index contributed by atoms with van der Waals surface area (Å²) in [5.74, 6) is 1.52. The summed E-state index contributed by atoms with van der Waals surface area (Å²) >= 11 is 0. The highest BCUT2D eigenvalue weighted by atomic mass is 15.2. The Morgan fingerprint density at radius 1 is 0.850 bits per heavy atom. The van der Waals surface area contributed by atoms with Crippen molar-refractivity contribution >= 4 is 28.4 Å². The second-order valence-corrected chi connectivity index (χ2v) is 4.77. The van der Waals surface area contributed by atoms with Gasteiger partial charge in [-0.15, -0.1) is 0 Å². The lowest BCUT2D eigenvalue weighted by atomic mass is 10.2. The summed E-state index contributed by atoms with van der Waals surface area (Å²) in [4.78, 5) is 11.2. The van der Waals surface area contributed by atoms with Gasteiger partial charge in [0.25, 0.3) is 0 Å². The number of nitrogens with zero attached hydrogens (tertiary/aromatic N) is 3. The standard InChI is InChI=1S/C16H16N4/c1-20(2)15-13-10-6-7-11-14(13)18-16(19-15)17-12-8-4-3-5-9-12/h3-11H,1-2H3,(H,17,18,19). The summed E-state index contributed by atoms with van der Waals surface area (Å²) < 4.78 is 0. The van der Waals surface area contributed by atoms with Gasteiger partial charge in [-0.1, -0.05) is 30.3 Å². The first-order valence-corrected chi connectivity index (χ1v) is 6.50. The van der Waals surface area contributed by atoms with Crippen molar-refractivity contribution in [3.05, 3.63) is 54.6 Å². The van der Waals surface area contributed by atoms with E-state index >= 15 is 0 Å². The molecule has 1 heterocycles. The van der Waals surface area contributed by atoms with Crippen LogP contribution in [0.2, 0.25) is 0 Å². The first-order chi connectivity index (χ1) is 9.74. The lowest BCUT2D eigenvalue weighted by Crippen LogP contribution is -2.13. The minimum absolute atomic E-state index is 0.610. The van der Waals surface area contributed by atoms with Crippen LogP contribution in [0.3, 0.4) is 0 Å². The molecule has 2 aromatic carbocycles. The molecule has 20 heavy (non-hydrogen) atoms. The summed E-state index contributed by atoms with van der Waals surface area (Å²) in [6.45, 7) is 0. The number of nitrogens with one attached hydrogen (secondary N) is 1. The van der Waals surface area contributed by atoms with Gasteiger partial charge >= 0.3 is 0 Å². The van der Waals surface area contributed by atoms with Gasteiger partial charge < -0.3 is 10.2 Å². The van der Waals surface area contributed by atoms with Gasteiger partial charge in [0.15, 0.2) is 0 Å². The molecule has 3 aromatic rings. The van der Waals surface area contributed by atoms with E-state index in [9.17, 15) is 0 Å². The van der Waals surface area contributed by atoms with Crippen molar-refractivity contribution in [2.45, 2.75) is 0 Å². The van der Waals surface area contributed by atoms with Crippen LogP contribution in [-0.4, -0.2) is 24.1 Å². The molecule has 0 unspecified atom stereocenters. The lowest BCUT2D eigenvalue weighted by Gasteiger charge is -2.15. The van der Waals surface area contributed by atoms with Crippen LogP contribution in [0.15, 0.2) is 54.6 Å². The van der Waals surface area contributed by atoms with Crippen LogP contribution in [0, 0.1) is 0 Å². The normalized spacial score (nSPS) is 10.5. The van der Waals surface area contributed by atoms with Crippen LogP contribution >= 0.6 is 0 Å². The molecule has 1 N–H and O–H groups in total. The molecule has 0 spiro atoms. The zero-order valence-corrected chi connectivity index (χ0v) is 11.5. The largest absolute Gasteiger partial charge is 0.362 e. The number of aromatic nitrogens is 2. The SMILES string of the molecule is CN(C)c1nc(Nc2ccccc2)nc2ccccc12. The Labute approximate surface area is 118 Å². The highest BCUT2D eigenvalue weighted by molar-refractivity contribution is 5.90. The molecule has 100 valence electrons. The van der Waals surface area contributed by atoms with Crippen molar-refractivity contribution in [3.63, 3.8) is 0 Å². The van der Waals surface area contributed by atoms with Gasteiger partial charge in [-0.2, -0.15) is 4.98 Å². The minimum atomic E-state index is 0.610. The fourth-order valence-corrected chi connectivity index (χ4v) is 2.11. The van der Waals surface area contributed by atoms with Gasteiger partial charge in [0.2, 0.25) is 5.95 Å². The Bertz CT molecular complexity index is 723. The number of para-hydroxylation sites is 2. The summed E-state index contributed by atoms with van der Waals surface area (Å²) in [6, 6.07) is 18.0. The van der Waals surface area contributed by atoms with E-state index in [1.807, 2.05) is 73.6 Å². The van der Waals surface area contributed by atoms with E-state index in [4.69, 9.17) is 0 Å². The van der Waals surface area contributed by atoms with E-state index < -0.39 is 0 Å². The lowest BCUT2D eigenvalue weighted by molar-refractivity contribution is 1.06. The highest BCUT2D eigenvalue weighted by Gasteiger charge is 2.08. The third-order valence-electron chi connectivity index (χ3n) is 3.04. The van der Waals surface area contributed by atoms with Crippen LogP contribution in [0.4, 0.5) is 17.5 Å². The third kappa shape index (κ3) is 2.40. The number of anilines is 3. The topological polar surface area (TPSA) is 41.1 Å². The summed E-state index contributed by atoms with van der Waals surface area (Å²) in [7, 11) is 3.97. The number of hydrogen-bond acceptors (Lipinski definition) is 4. The number of fused-ring (bicyclic) bond motifs is 1. The van der Waals surface area contributed by atoms with Crippen LogP contribution < -0.4 is 10.2 Å². The molecule has 3 rings (SSSR count). The first kappa shape index (κ1) is 12.4. The van der Waals surface area contributed by atoms with Crippen molar-refractivity contribution in [2.24, 2.45) is 0 Å². The molecule has 0 atom stereocenters. The molecular formula is C16H16N4. The summed E-state index contributed by atoms with van der Waals surface area (Å²) in [5.41, 5.74) is 1.91. The van der Waals surface area contributed by atoms with Crippen molar-refractivity contribution in [1.82, 2.24) is 9.97 Å². The Kier molecular flexibility index (Phi) is 3.21. The predicted molar refractivity (Wildman–Crippen MR) is 83.6 cm³/mol. The van der Waals surface area contributed by atoms with Crippen molar-refractivity contribution in [3.8, 4) is 0 Å². The molecule has 1 aromatic heterocycles. The van der Waals surface area contributed by atoms with Gasteiger partial charge in [-0.25, -0.2) is 4.98 Å². The molecule has 0 radical (unpaired) electrons. The van der Waals surface area contributed by atoms with Gasteiger partial charge in [0, 0.05) is 25.2 Å². The number of rotatable bonds is 3. The van der Waals surface area contributed by atoms with Crippen LogP contribution in [0.1, 0.15) is 0 Å². The molecule has 0 saturated heterocycles. The molecule has 0 aliphatic heterocycles. The minimum Gasteiger partial charge on any atom is -0.362 e. The predicted octanol–water partition coefficient (Wildman–Crippen LogP) is 3.44. The van der Waals surface area contributed by atoms with Gasteiger partial charge in [0.05, 0.1) is 5.52 Å². The molecule has 0 aliphatic carbocycles. The zero-order chi connectivity index (χ0) is 13.9. The molecule has 0 aliphatic rings. The van der Waals surface area contributed by atoms with Gasteiger partial charge in [-0.05, 0) is 24.3 Å². The van der Waals surface area contributed by atoms with Crippen LogP contribution in [0.5, 0.6) is 0 Å². The average Bonchev–Trinajstić information content (AvgIpc) is 2.47. The quantitative estimate of drug-likeness (QED) is 0.786. The second-order valence-electron chi connectivity index (χ2n) is 4.77. The smallest absolute Gasteiger partial charge is 0.229 e. The van der Waals surface area contributed by atoms with E-state index in [0.29, 0.717) is 5.95 Å². The van der Waals surface area contributed by atoms with E-state index in [0.717, 1.165) is 22.4 Å². The van der Waals surface area contributed by atoms with E-state index in [1.54, 1.807) is 0 Å². The summed E-state index contributed by atoms with van der Waals surface area (Å²) in [6.07, 6.45) is 0. The van der Waals surface area contributed by atoms with E-state index in [2.05, 4.69) is 15.3 Å². The Hall–Kier alpha value is -2.62. The number of hydrogen-bond donors (Lipinski definition) is 1. The van der Waals surface area contributed by atoms with Crippen molar-refractivity contribution in [1.29, 1.82) is 0 Å². The Balaban J connectivity index is 2.08. The Morgan fingerprint density at radius 3 is 2.30 bits per heavy atom. The second kappa shape index (κ2) is 5.17. The van der Waals surface area contributed by atoms with Crippen LogP contribution in [0.25, 0.3) is 10.9 Å². The average molecular weight is 264 g/mol. The molecule has 0 saturated carbocycles. The van der Waals surface area contributed by atoms with E-state index in [1.165, 1.54) is 0 Å². The first-order valence-electron chi connectivity index (χ1n) is 6.50. The molecule has 0 fully saturated rings. The van der Waals surface area contributed by atoms with Crippen molar-refractivity contribution in [2.75, 3.05) is 24.3 Å². The maximum atomic E-state index is 4.60. The van der Waals surface area contributed by atoms with Crippen molar-refractivity contribution < 1.29 is 0 Å². The molecule has 0 amide bonds. The van der Waals surface area contributed by atoms with Gasteiger partial charge in [0.1, 0.15) is 5.82 Å². The Morgan fingerprint density at radius 2 is 1.55 bits per heavy atom. The molecule has 4 nitrogen and oxygen atoms in total. The molecule has 4 heteroatoms. The molecular weight excluding hydrogens is 248 g/mol. The maximum Gasteiger partial charge on any atom is 0.229 e. The highest BCUT2D eigenvalue weighted by Crippen LogP contribution is 2.24. The third-order valence-corrected chi connectivity index (χ3v) is 3.04. The molecule has 0 bridgehead atoms. The van der Waals surface area contributed by atoms with E-state index in [-0.39, 0.29) is 0 Å². The zero-order valence-electron chi connectivity index (χ0n) is 11.5. The monoisotopic (exact) mass is 264 g/mol. The summed E-state index contributed by atoms with van der Waals surface area (Å²) in [5, 5.41) is 4.29.